The fraction of sp³-hybridized carbons (Fsp3) is 0.923. The molecule has 0 fully saturated rings. The lowest BCUT2D eigenvalue weighted by molar-refractivity contribution is 0.0407. The lowest BCUT2D eigenvalue weighted by Crippen LogP contribution is -2.47. The molecule has 0 spiro atoms. The first-order valence-corrected chi connectivity index (χ1v) is 6.71. The summed E-state index contributed by atoms with van der Waals surface area (Å²) >= 11 is 5.65. The first-order valence-electron chi connectivity index (χ1n) is 6.18. The second kappa shape index (κ2) is 6.62. The molecule has 0 aromatic carbocycles. The Labute approximate surface area is 115 Å². The Kier molecular flexibility index (Phi) is 6.44. The zero-order valence-electron chi connectivity index (χ0n) is 12.2. The van der Waals surface area contributed by atoms with Gasteiger partial charge in [0.05, 0.1) is 18.0 Å². The van der Waals surface area contributed by atoms with Gasteiger partial charge in [-0.1, -0.05) is 20.8 Å². The van der Waals surface area contributed by atoms with Crippen LogP contribution in [0.2, 0.25) is 0 Å². The number of amides is 1. The van der Waals surface area contributed by atoms with Gasteiger partial charge in [0.1, 0.15) is 5.60 Å². The van der Waals surface area contributed by atoms with Crippen LogP contribution in [0.3, 0.4) is 0 Å². The number of alkyl carbamates (subject to hydrolysis) is 1. The number of alkyl halides is 1. The fourth-order valence-corrected chi connectivity index (χ4v) is 1.72. The number of hydrogen-bond acceptors (Lipinski definition) is 3. The van der Waals surface area contributed by atoms with Crippen molar-refractivity contribution < 1.29 is 14.6 Å². The molecule has 0 bridgehead atoms. The summed E-state index contributed by atoms with van der Waals surface area (Å²) in [5.41, 5.74) is -0.574. The van der Waals surface area contributed by atoms with Crippen molar-refractivity contribution in [3.8, 4) is 0 Å². The van der Waals surface area contributed by atoms with Crippen LogP contribution in [-0.2, 0) is 4.74 Å². The molecule has 2 atom stereocenters. The molecule has 1 amide bonds. The summed E-state index contributed by atoms with van der Waals surface area (Å²) in [5, 5.41) is 12.5. The lowest BCUT2D eigenvalue weighted by atomic mass is 9.86. The van der Waals surface area contributed by atoms with E-state index in [9.17, 15) is 9.90 Å². The largest absolute Gasteiger partial charge is 0.444 e. The predicted molar refractivity (Wildman–Crippen MR) is 74.0 cm³/mol. The third-order valence-corrected chi connectivity index (χ3v) is 2.47. The fourth-order valence-electron chi connectivity index (χ4n) is 1.51. The number of hydrogen-bond donors (Lipinski definition) is 2. The predicted octanol–water partition coefficient (Wildman–Crippen LogP) is 2.92. The maximum atomic E-state index is 11.7. The maximum absolute atomic E-state index is 11.7. The van der Waals surface area contributed by atoms with Gasteiger partial charge in [0.15, 0.2) is 0 Å². The summed E-state index contributed by atoms with van der Waals surface area (Å²) in [6, 6.07) is -0.405. The van der Waals surface area contributed by atoms with Crippen molar-refractivity contribution in [1.82, 2.24) is 5.32 Å². The van der Waals surface area contributed by atoms with E-state index in [1.165, 1.54) is 0 Å². The number of aliphatic hydroxyl groups is 1. The van der Waals surface area contributed by atoms with Gasteiger partial charge in [-0.2, -0.15) is 0 Å². The first kappa shape index (κ1) is 17.5. The van der Waals surface area contributed by atoms with Crippen molar-refractivity contribution in [2.75, 3.05) is 5.88 Å². The summed E-state index contributed by atoms with van der Waals surface area (Å²) < 4.78 is 5.17. The number of nitrogens with one attached hydrogen (secondary N) is 1. The number of halogens is 1. The molecule has 0 aliphatic carbocycles. The van der Waals surface area contributed by atoms with Crippen LogP contribution < -0.4 is 5.32 Å². The monoisotopic (exact) mass is 279 g/mol. The average molecular weight is 280 g/mol. The molecule has 0 aromatic heterocycles. The number of rotatable bonds is 4. The third kappa shape index (κ3) is 8.59. The van der Waals surface area contributed by atoms with E-state index in [1.807, 2.05) is 20.8 Å². The van der Waals surface area contributed by atoms with Crippen LogP contribution in [0.5, 0.6) is 0 Å². The quantitative estimate of drug-likeness (QED) is 0.778. The zero-order valence-corrected chi connectivity index (χ0v) is 13.0. The molecule has 18 heavy (non-hydrogen) atoms. The van der Waals surface area contributed by atoms with Crippen LogP contribution in [0, 0.1) is 5.41 Å². The first-order chi connectivity index (χ1) is 7.94. The van der Waals surface area contributed by atoms with E-state index in [1.54, 1.807) is 20.8 Å². The Bertz CT molecular complexity index is 268. The number of carbonyl (C=O) groups is 1. The maximum Gasteiger partial charge on any atom is 0.407 e. The molecule has 0 radical (unpaired) electrons. The van der Waals surface area contributed by atoms with Crippen LogP contribution >= 0.6 is 11.6 Å². The summed E-state index contributed by atoms with van der Waals surface area (Å²) in [4.78, 5) is 11.7. The molecule has 2 N–H and O–H groups in total. The number of aliphatic hydroxyl groups excluding tert-OH is 1. The molecule has 0 rings (SSSR count). The summed E-state index contributed by atoms with van der Waals surface area (Å²) in [7, 11) is 0. The highest BCUT2D eigenvalue weighted by atomic mass is 35.5. The standard InChI is InChI=1S/C13H26ClNO3/c1-12(2,3)7-9(10(16)8-14)15-11(17)18-13(4,5)6/h9-10,16H,7-8H2,1-6H3,(H,15,17)/t9-,10+/m0/s1. The van der Waals surface area contributed by atoms with Gasteiger partial charge >= 0.3 is 6.09 Å². The van der Waals surface area contributed by atoms with E-state index in [4.69, 9.17) is 16.3 Å². The minimum absolute atomic E-state index is 0.0211. The van der Waals surface area contributed by atoms with E-state index >= 15 is 0 Å². The Hall–Kier alpha value is -0.480. The number of carbonyl (C=O) groups excluding carboxylic acids is 1. The van der Waals surface area contributed by atoms with E-state index in [0.717, 1.165) is 0 Å². The molecule has 0 aromatic rings. The van der Waals surface area contributed by atoms with Crippen LogP contribution in [0.4, 0.5) is 4.79 Å². The lowest BCUT2D eigenvalue weighted by Gasteiger charge is -2.30. The average Bonchev–Trinajstić information content (AvgIpc) is 2.10. The third-order valence-electron chi connectivity index (χ3n) is 2.16. The van der Waals surface area contributed by atoms with Gasteiger partial charge in [-0.05, 0) is 32.6 Å². The molecule has 0 aliphatic rings. The SMILES string of the molecule is CC(C)(C)C[C@H](NC(=O)OC(C)(C)C)[C@H](O)CCl. The van der Waals surface area contributed by atoms with E-state index < -0.39 is 23.8 Å². The van der Waals surface area contributed by atoms with Crippen LogP contribution in [0.15, 0.2) is 0 Å². The highest BCUT2D eigenvalue weighted by Crippen LogP contribution is 2.23. The highest BCUT2D eigenvalue weighted by Gasteiger charge is 2.28. The van der Waals surface area contributed by atoms with Crippen LogP contribution in [0.1, 0.15) is 48.0 Å². The van der Waals surface area contributed by atoms with Crippen LogP contribution in [-0.4, -0.2) is 34.8 Å². The normalized spacial score (nSPS) is 16.0. The smallest absolute Gasteiger partial charge is 0.407 e. The van der Waals surface area contributed by atoms with Crippen molar-refractivity contribution in [3.63, 3.8) is 0 Å². The molecule has 5 heteroatoms. The van der Waals surface area contributed by atoms with Crippen LogP contribution in [0.25, 0.3) is 0 Å². The molecule has 0 saturated carbocycles. The van der Waals surface area contributed by atoms with E-state index in [-0.39, 0.29) is 11.3 Å². The van der Waals surface area contributed by atoms with Gasteiger partial charge in [0.2, 0.25) is 0 Å². The van der Waals surface area contributed by atoms with Gasteiger partial charge in [-0.25, -0.2) is 4.79 Å². The molecular weight excluding hydrogens is 254 g/mol. The highest BCUT2D eigenvalue weighted by molar-refractivity contribution is 6.18. The topological polar surface area (TPSA) is 58.6 Å². The molecule has 0 saturated heterocycles. The Balaban J connectivity index is 4.55. The summed E-state index contributed by atoms with van der Waals surface area (Å²) in [6.07, 6.45) is -0.681. The van der Waals surface area contributed by atoms with Gasteiger partial charge in [-0.15, -0.1) is 11.6 Å². The van der Waals surface area contributed by atoms with Gasteiger partial charge < -0.3 is 15.2 Å². The van der Waals surface area contributed by atoms with Gasteiger partial charge in [0, 0.05) is 0 Å². The Morgan fingerprint density at radius 3 is 2.11 bits per heavy atom. The van der Waals surface area contributed by atoms with Crippen molar-refractivity contribution >= 4 is 17.7 Å². The minimum atomic E-state index is -0.779. The van der Waals surface area contributed by atoms with Gasteiger partial charge in [-0.3, -0.25) is 0 Å². The second-order valence-electron chi connectivity index (χ2n) is 6.74. The van der Waals surface area contributed by atoms with E-state index in [2.05, 4.69) is 5.32 Å². The zero-order chi connectivity index (χ0) is 14.6. The second-order valence-corrected chi connectivity index (χ2v) is 7.05. The molecule has 108 valence electrons. The molecule has 0 aliphatic heterocycles. The molecular formula is C13H26ClNO3. The van der Waals surface area contributed by atoms with Crippen molar-refractivity contribution in [2.45, 2.75) is 65.7 Å². The van der Waals surface area contributed by atoms with E-state index in [0.29, 0.717) is 6.42 Å². The molecule has 0 unspecified atom stereocenters. The Morgan fingerprint density at radius 2 is 1.78 bits per heavy atom. The Morgan fingerprint density at radius 1 is 1.28 bits per heavy atom. The van der Waals surface area contributed by atoms with Crippen molar-refractivity contribution in [3.05, 3.63) is 0 Å². The van der Waals surface area contributed by atoms with Gasteiger partial charge in [0.25, 0.3) is 0 Å². The van der Waals surface area contributed by atoms with Crippen molar-refractivity contribution in [1.29, 1.82) is 0 Å². The summed E-state index contributed by atoms with van der Waals surface area (Å²) in [6.45, 7) is 11.5. The minimum Gasteiger partial charge on any atom is -0.444 e. The summed E-state index contributed by atoms with van der Waals surface area (Å²) in [5.74, 6) is 0.0799. The molecule has 4 nitrogen and oxygen atoms in total. The van der Waals surface area contributed by atoms with Crippen molar-refractivity contribution in [2.24, 2.45) is 5.41 Å². The molecule has 0 heterocycles. The number of ether oxygens (including phenoxy) is 1.